The van der Waals surface area contributed by atoms with Gasteiger partial charge >= 0.3 is 0 Å². The first-order valence-corrected chi connectivity index (χ1v) is 7.53. The van der Waals surface area contributed by atoms with Crippen LogP contribution in [0.1, 0.15) is 11.4 Å². The third-order valence-electron chi connectivity index (χ3n) is 2.46. The number of imidazole rings is 1. The normalized spacial score (nSPS) is 11.6. The summed E-state index contributed by atoms with van der Waals surface area (Å²) in [6, 6.07) is 3.07. The van der Waals surface area contributed by atoms with Gasteiger partial charge in [0.15, 0.2) is 5.03 Å². The van der Waals surface area contributed by atoms with E-state index in [0.717, 1.165) is 5.56 Å². The van der Waals surface area contributed by atoms with Crippen LogP contribution in [0, 0.1) is 13.8 Å². The molecule has 8 heteroatoms. The van der Waals surface area contributed by atoms with Crippen molar-refractivity contribution < 1.29 is 8.42 Å². The molecular formula is C11H11Cl2N3O2S. The Hall–Kier alpha value is -1.24. The van der Waals surface area contributed by atoms with E-state index in [2.05, 4.69) is 14.7 Å². The first-order chi connectivity index (χ1) is 8.79. The topological polar surface area (TPSA) is 74.8 Å². The fourth-order valence-corrected chi connectivity index (χ4v) is 2.99. The maximum Gasteiger partial charge on any atom is 0.279 e. The monoisotopic (exact) mass is 319 g/mol. The van der Waals surface area contributed by atoms with Crippen LogP contribution in [0.3, 0.4) is 0 Å². The first-order valence-electron chi connectivity index (χ1n) is 5.29. The number of H-pyrrole nitrogens is 1. The molecule has 0 unspecified atom stereocenters. The van der Waals surface area contributed by atoms with Gasteiger partial charge in [0, 0.05) is 5.02 Å². The molecule has 2 N–H and O–H groups in total. The minimum atomic E-state index is -3.76. The number of aryl methyl sites for hydroxylation is 2. The molecule has 0 spiro atoms. The van der Waals surface area contributed by atoms with Crippen LogP contribution in [0.15, 0.2) is 23.4 Å². The van der Waals surface area contributed by atoms with Gasteiger partial charge in [0.1, 0.15) is 5.82 Å². The van der Waals surface area contributed by atoms with Gasteiger partial charge in [0.2, 0.25) is 0 Å². The zero-order valence-electron chi connectivity index (χ0n) is 10.2. The fourth-order valence-electron chi connectivity index (χ4n) is 1.46. The van der Waals surface area contributed by atoms with E-state index in [1.54, 1.807) is 19.9 Å². The lowest BCUT2D eigenvalue weighted by Gasteiger charge is -2.09. The predicted molar refractivity (Wildman–Crippen MR) is 75.3 cm³/mol. The molecule has 19 heavy (non-hydrogen) atoms. The van der Waals surface area contributed by atoms with Crippen molar-refractivity contribution in [3.8, 4) is 0 Å². The van der Waals surface area contributed by atoms with E-state index in [0.29, 0.717) is 10.8 Å². The zero-order chi connectivity index (χ0) is 14.2. The molecule has 1 heterocycles. The van der Waals surface area contributed by atoms with E-state index >= 15 is 0 Å². The molecule has 2 rings (SSSR count). The van der Waals surface area contributed by atoms with Crippen molar-refractivity contribution in [1.82, 2.24) is 9.97 Å². The summed E-state index contributed by atoms with van der Waals surface area (Å²) < 4.78 is 26.5. The van der Waals surface area contributed by atoms with Crippen molar-refractivity contribution in [2.45, 2.75) is 18.9 Å². The molecule has 1 aromatic heterocycles. The van der Waals surface area contributed by atoms with Crippen molar-refractivity contribution >= 4 is 38.9 Å². The highest BCUT2D eigenvalue weighted by atomic mass is 35.5. The van der Waals surface area contributed by atoms with E-state index in [1.807, 2.05) is 0 Å². The van der Waals surface area contributed by atoms with E-state index in [-0.39, 0.29) is 15.7 Å². The van der Waals surface area contributed by atoms with Gasteiger partial charge in [-0.3, -0.25) is 4.72 Å². The summed E-state index contributed by atoms with van der Waals surface area (Å²) in [5, 5.41) is 0.683. The van der Waals surface area contributed by atoms with E-state index in [9.17, 15) is 8.42 Å². The lowest BCUT2D eigenvalue weighted by atomic mass is 10.2. The number of aromatic nitrogens is 2. The maximum absolute atomic E-state index is 12.1. The third kappa shape index (κ3) is 3.02. The average molecular weight is 320 g/mol. The lowest BCUT2D eigenvalue weighted by molar-refractivity contribution is 0.598. The second-order valence-electron chi connectivity index (χ2n) is 4.02. The van der Waals surface area contributed by atoms with Crippen molar-refractivity contribution in [2.75, 3.05) is 4.72 Å². The van der Waals surface area contributed by atoms with Gasteiger partial charge in [0.05, 0.1) is 16.9 Å². The van der Waals surface area contributed by atoms with Gasteiger partial charge in [-0.15, -0.1) is 0 Å². The van der Waals surface area contributed by atoms with E-state index in [1.165, 1.54) is 12.3 Å². The Kier molecular flexibility index (Phi) is 3.75. The summed E-state index contributed by atoms with van der Waals surface area (Å²) in [4.78, 5) is 6.49. The second kappa shape index (κ2) is 5.03. The van der Waals surface area contributed by atoms with Crippen LogP contribution in [-0.2, 0) is 10.0 Å². The number of hydrogen-bond acceptors (Lipinski definition) is 3. The highest BCUT2D eigenvalue weighted by molar-refractivity contribution is 7.92. The molecule has 0 aliphatic rings. The number of nitrogens with zero attached hydrogens (tertiary/aromatic N) is 1. The number of halogens is 2. The standard InChI is InChI=1S/C11H11Cl2N3O2S/c1-6-3-9(13)10(4-8(6)12)16-19(17,18)11-5-14-7(2)15-11/h3-5,16H,1-2H3,(H,14,15). The van der Waals surface area contributed by atoms with Gasteiger partial charge in [0.25, 0.3) is 10.0 Å². The molecule has 0 bridgehead atoms. The minimum Gasteiger partial charge on any atom is -0.332 e. The van der Waals surface area contributed by atoms with Crippen LogP contribution in [0.25, 0.3) is 0 Å². The predicted octanol–water partition coefficient (Wildman–Crippen LogP) is 3.13. The molecule has 2 aromatic rings. The Morgan fingerprint density at radius 3 is 2.47 bits per heavy atom. The summed E-state index contributed by atoms with van der Waals surface area (Å²) in [7, 11) is -3.76. The Morgan fingerprint density at radius 2 is 1.89 bits per heavy atom. The Balaban J connectivity index is 2.38. The van der Waals surface area contributed by atoms with Crippen LogP contribution in [0.4, 0.5) is 5.69 Å². The molecular weight excluding hydrogens is 309 g/mol. The number of nitrogens with one attached hydrogen (secondary N) is 2. The SMILES string of the molecule is Cc1ncc(S(=O)(=O)Nc2cc(Cl)c(C)cc2Cl)[nH]1. The summed E-state index contributed by atoms with van der Waals surface area (Å²) >= 11 is 11.9. The average Bonchev–Trinajstić information content (AvgIpc) is 2.73. The molecule has 0 atom stereocenters. The molecule has 0 saturated heterocycles. The van der Waals surface area contributed by atoms with Crippen molar-refractivity contribution in [1.29, 1.82) is 0 Å². The number of benzene rings is 1. The second-order valence-corrected chi connectivity index (χ2v) is 6.48. The molecule has 0 aliphatic heterocycles. The quantitative estimate of drug-likeness (QED) is 0.912. The van der Waals surface area contributed by atoms with Crippen LogP contribution in [-0.4, -0.2) is 18.4 Å². The van der Waals surface area contributed by atoms with Gasteiger partial charge in [-0.25, -0.2) is 4.98 Å². The maximum atomic E-state index is 12.1. The van der Waals surface area contributed by atoms with Crippen LogP contribution < -0.4 is 4.72 Å². The minimum absolute atomic E-state index is 0.0298. The van der Waals surface area contributed by atoms with Gasteiger partial charge in [-0.2, -0.15) is 8.42 Å². The Labute approximate surface area is 121 Å². The summed E-state index contributed by atoms with van der Waals surface area (Å²) in [5.74, 6) is 0.508. The largest absolute Gasteiger partial charge is 0.332 e. The molecule has 1 aromatic carbocycles. The first kappa shape index (κ1) is 14.2. The fraction of sp³-hybridized carbons (Fsp3) is 0.182. The number of rotatable bonds is 3. The van der Waals surface area contributed by atoms with Crippen LogP contribution in [0.5, 0.6) is 0 Å². The molecule has 0 fully saturated rings. The highest BCUT2D eigenvalue weighted by Gasteiger charge is 2.18. The summed E-state index contributed by atoms with van der Waals surface area (Å²) in [6.07, 6.45) is 1.24. The summed E-state index contributed by atoms with van der Waals surface area (Å²) in [5.41, 5.74) is 0.997. The number of anilines is 1. The van der Waals surface area contributed by atoms with Gasteiger partial charge in [-0.1, -0.05) is 23.2 Å². The molecule has 5 nitrogen and oxygen atoms in total. The lowest BCUT2D eigenvalue weighted by Crippen LogP contribution is -2.13. The van der Waals surface area contributed by atoms with E-state index < -0.39 is 10.0 Å². The van der Waals surface area contributed by atoms with Crippen molar-refractivity contribution in [2.24, 2.45) is 0 Å². The number of hydrogen-bond donors (Lipinski definition) is 2. The van der Waals surface area contributed by atoms with E-state index in [4.69, 9.17) is 23.2 Å². The molecule has 0 amide bonds. The van der Waals surface area contributed by atoms with Crippen LogP contribution in [0.2, 0.25) is 10.0 Å². The molecule has 0 radical (unpaired) electrons. The van der Waals surface area contributed by atoms with Gasteiger partial charge in [-0.05, 0) is 31.5 Å². The van der Waals surface area contributed by atoms with Crippen LogP contribution >= 0.6 is 23.2 Å². The van der Waals surface area contributed by atoms with Gasteiger partial charge < -0.3 is 4.98 Å². The summed E-state index contributed by atoms with van der Waals surface area (Å²) in [6.45, 7) is 3.44. The molecule has 102 valence electrons. The molecule has 0 aliphatic carbocycles. The Bertz CT molecular complexity index is 726. The smallest absolute Gasteiger partial charge is 0.279 e. The number of sulfonamides is 1. The number of aromatic amines is 1. The van der Waals surface area contributed by atoms with Crippen molar-refractivity contribution in [3.05, 3.63) is 39.8 Å². The third-order valence-corrected chi connectivity index (χ3v) is 4.46. The Morgan fingerprint density at radius 1 is 1.21 bits per heavy atom. The molecule has 0 saturated carbocycles. The van der Waals surface area contributed by atoms with Crippen molar-refractivity contribution in [3.63, 3.8) is 0 Å². The zero-order valence-corrected chi connectivity index (χ0v) is 12.5. The highest BCUT2D eigenvalue weighted by Crippen LogP contribution is 2.30.